The first-order valence-corrected chi connectivity index (χ1v) is 19.7. The molecule has 0 aliphatic heterocycles. The fourth-order valence-corrected chi connectivity index (χ4v) is 6.58. The zero-order chi connectivity index (χ0) is 37.9. The molecule has 0 amide bonds. The van der Waals surface area contributed by atoms with Crippen LogP contribution in [-0.4, -0.2) is 72.0 Å². The highest BCUT2D eigenvalue weighted by Gasteiger charge is 2.24. The summed E-state index contributed by atoms with van der Waals surface area (Å²) in [5.74, 6) is -1.19. The monoisotopic (exact) mass is 773 g/mol. The molecule has 0 aliphatic carbocycles. The van der Waals surface area contributed by atoms with Crippen molar-refractivity contribution in [1.82, 2.24) is 0 Å². The average Bonchev–Trinajstić information content (AvgIpc) is 3.13. The Morgan fingerprint density at radius 3 is 1.17 bits per heavy atom. The lowest BCUT2D eigenvalue weighted by atomic mass is 10.2. The van der Waals surface area contributed by atoms with E-state index in [-0.39, 0.29) is 9.79 Å². The molecule has 0 N–H and O–H groups in total. The normalized spacial score (nSPS) is 14.0. The standard InChI is InChI=1S/C33H39N6O10PS2/c1-38(2)30-14-6-26(7-15-30)34-36-28-10-18-32(19-11-28)51(42,43)48-23-25(22-47-50(40,41)46-5)24-49-52(44,45)33-20-12-29(13-21-33)37-35-27-8-16-31(17-9-27)39(3)4/h6-21,25H,22-24H2,1-5H3,(H,40,41)/p-1. The van der Waals surface area contributed by atoms with Crippen LogP contribution in [0.25, 0.3) is 0 Å². The first kappa shape index (κ1) is 40.4. The molecule has 0 radical (unpaired) electrons. The summed E-state index contributed by atoms with van der Waals surface area (Å²) in [6.45, 7) is -2.09. The summed E-state index contributed by atoms with van der Waals surface area (Å²) in [4.78, 5) is 15.2. The van der Waals surface area contributed by atoms with E-state index >= 15 is 0 Å². The van der Waals surface area contributed by atoms with Crippen molar-refractivity contribution in [3.8, 4) is 0 Å². The van der Waals surface area contributed by atoms with Crippen molar-refractivity contribution in [3.63, 3.8) is 0 Å². The van der Waals surface area contributed by atoms with Gasteiger partial charge >= 0.3 is 0 Å². The van der Waals surface area contributed by atoms with Crippen LogP contribution in [-0.2, 0) is 42.2 Å². The maximum absolute atomic E-state index is 13.0. The number of phosphoric acid groups is 1. The van der Waals surface area contributed by atoms with Crippen molar-refractivity contribution in [2.45, 2.75) is 9.79 Å². The van der Waals surface area contributed by atoms with E-state index in [9.17, 15) is 26.3 Å². The van der Waals surface area contributed by atoms with Gasteiger partial charge in [0.15, 0.2) is 0 Å². The van der Waals surface area contributed by atoms with Gasteiger partial charge in [-0.25, -0.2) is 0 Å². The van der Waals surface area contributed by atoms with Gasteiger partial charge < -0.3 is 23.7 Å². The van der Waals surface area contributed by atoms with E-state index < -0.39 is 53.8 Å². The molecular formula is C33H38N6O10PS2-. The third-order valence-corrected chi connectivity index (χ3v) is 10.7. The molecule has 0 heterocycles. The summed E-state index contributed by atoms with van der Waals surface area (Å²) in [6, 6.07) is 25.4. The topological polar surface area (TPSA) is 201 Å². The highest BCUT2D eigenvalue weighted by molar-refractivity contribution is 7.87. The first-order chi connectivity index (χ1) is 24.6. The van der Waals surface area contributed by atoms with E-state index in [1.165, 1.54) is 48.5 Å². The van der Waals surface area contributed by atoms with Crippen LogP contribution in [0.1, 0.15) is 0 Å². The average molecular weight is 774 g/mol. The van der Waals surface area contributed by atoms with E-state index in [1.54, 1.807) is 24.3 Å². The van der Waals surface area contributed by atoms with E-state index in [2.05, 4.69) is 25.0 Å². The Morgan fingerprint density at radius 1 is 0.577 bits per heavy atom. The minimum Gasteiger partial charge on any atom is -0.756 e. The van der Waals surface area contributed by atoms with E-state index in [0.717, 1.165) is 18.5 Å². The van der Waals surface area contributed by atoms with Crippen molar-refractivity contribution >= 4 is 62.2 Å². The highest BCUT2D eigenvalue weighted by Crippen LogP contribution is 2.37. The fraction of sp³-hybridized carbons (Fsp3) is 0.273. The molecule has 19 heteroatoms. The largest absolute Gasteiger partial charge is 0.756 e. The number of anilines is 2. The molecule has 0 aromatic heterocycles. The van der Waals surface area contributed by atoms with Crippen LogP contribution in [0, 0.1) is 5.92 Å². The summed E-state index contributed by atoms with van der Waals surface area (Å²) in [5, 5.41) is 16.5. The number of benzene rings is 4. The molecule has 0 saturated heterocycles. The van der Waals surface area contributed by atoms with Gasteiger partial charge in [0, 0.05) is 52.6 Å². The van der Waals surface area contributed by atoms with E-state index in [1.807, 2.05) is 62.3 Å². The molecule has 4 aromatic rings. The van der Waals surface area contributed by atoms with Gasteiger partial charge in [0.1, 0.15) is 0 Å². The molecule has 0 aliphatic rings. The van der Waals surface area contributed by atoms with Crippen LogP contribution in [0.5, 0.6) is 0 Å². The zero-order valence-electron chi connectivity index (χ0n) is 29.0. The molecule has 4 aromatic carbocycles. The molecule has 278 valence electrons. The van der Waals surface area contributed by atoms with Crippen LogP contribution in [0.3, 0.4) is 0 Å². The predicted octanol–water partition coefficient (Wildman–Crippen LogP) is 6.51. The number of hydrogen-bond acceptors (Lipinski definition) is 16. The van der Waals surface area contributed by atoms with Gasteiger partial charge in [0.25, 0.3) is 28.1 Å². The summed E-state index contributed by atoms with van der Waals surface area (Å²) in [7, 11) is -5.01. The number of rotatable bonds is 18. The van der Waals surface area contributed by atoms with Crippen molar-refractivity contribution in [3.05, 3.63) is 97.1 Å². The Balaban J connectivity index is 1.38. The second kappa shape index (κ2) is 17.9. The Labute approximate surface area is 303 Å². The molecule has 0 spiro atoms. The summed E-state index contributed by atoms with van der Waals surface area (Å²) < 4.78 is 83.0. The van der Waals surface area contributed by atoms with Crippen LogP contribution >= 0.6 is 7.82 Å². The second-order valence-corrected chi connectivity index (χ2v) is 16.2. The number of hydrogen-bond donors (Lipinski definition) is 0. The lowest BCUT2D eigenvalue weighted by Gasteiger charge is -2.24. The summed E-state index contributed by atoms with van der Waals surface area (Å²) >= 11 is 0. The third kappa shape index (κ3) is 12.1. The van der Waals surface area contributed by atoms with E-state index in [0.29, 0.717) is 22.7 Å². The maximum atomic E-state index is 13.0. The lowest BCUT2D eigenvalue weighted by Crippen LogP contribution is -2.26. The third-order valence-electron chi connectivity index (χ3n) is 7.15. The van der Waals surface area contributed by atoms with Gasteiger partial charge in [-0.3, -0.25) is 12.9 Å². The van der Waals surface area contributed by atoms with Gasteiger partial charge in [0.05, 0.1) is 52.4 Å². The highest BCUT2D eigenvalue weighted by atomic mass is 32.2. The van der Waals surface area contributed by atoms with Gasteiger partial charge in [-0.2, -0.15) is 37.3 Å². The number of azo groups is 2. The van der Waals surface area contributed by atoms with Gasteiger partial charge in [-0.15, -0.1) is 0 Å². The van der Waals surface area contributed by atoms with E-state index in [4.69, 9.17) is 12.9 Å². The SMILES string of the molecule is COP(=O)([O-])OCC(COS(=O)(=O)c1ccc(N=Nc2ccc(N(C)C)cc2)cc1)COS(=O)(=O)c1ccc(N=Nc2ccc(N(C)C)cc2)cc1. The molecule has 0 bridgehead atoms. The van der Waals surface area contributed by atoms with Crippen molar-refractivity contribution in [2.75, 3.05) is 64.9 Å². The number of phosphoric ester groups is 1. The second-order valence-electron chi connectivity index (χ2n) is 11.5. The molecule has 52 heavy (non-hydrogen) atoms. The fourth-order valence-electron chi connectivity index (χ4n) is 4.13. The molecule has 1 atom stereocenters. The molecule has 1 unspecified atom stereocenters. The van der Waals surface area contributed by atoms with Crippen LogP contribution in [0.2, 0.25) is 0 Å². The maximum Gasteiger partial charge on any atom is 0.296 e. The van der Waals surface area contributed by atoms with Gasteiger partial charge in [-0.05, 0) is 97.1 Å². The molecule has 0 fully saturated rings. The minimum absolute atomic E-state index is 0.232. The Hall–Kier alpha value is -4.39. The van der Waals surface area contributed by atoms with Crippen LogP contribution in [0.15, 0.2) is 127 Å². The lowest BCUT2D eigenvalue weighted by molar-refractivity contribution is -0.224. The van der Waals surface area contributed by atoms with Crippen LogP contribution < -0.4 is 14.7 Å². The quantitative estimate of drug-likeness (QED) is 0.0604. The summed E-state index contributed by atoms with van der Waals surface area (Å²) in [5.41, 5.74) is 3.92. The Morgan fingerprint density at radius 2 is 0.885 bits per heavy atom. The smallest absolute Gasteiger partial charge is 0.296 e. The predicted molar refractivity (Wildman–Crippen MR) is 193 cm³/mol. The van der Waals surface area contributed by atoms with Gasteiger partial charge in [0.2, 0.25) is 0 Å². The minimum atomic E-state index is -4.76. The molecule has 0 saturated carbocycles. The Kier molecular flexibility index (Phi) is 13.9. The van der Waals surface area contributed by atoms with Crippen molar-refractivity contribution in [1.29, 1.82) is 0 Å². The molecule has 16 nitrogen and oxygen atoms in total. The Bertz CT molecular complexity index is 1960. The van der Waals surface area contributed by atoms with Crippen molar-refractivity contribution in [2.24, 2.45) is 26.4 Å². The van der Waals surface area contributed by atoms with Gasteiger partial charge in [-0.1, -0.05) is 0 Å². The molecular weight excluding hydrogens is 736 g/mol. The first-order valence-electron chi connectivity index (χ1n) is 15.5. The number of nitrogens with zero attached hydrogens (tertiary/aromatic N) is 6. The molecule has 4 rings (SSSR count). The zero-order valence-corrected chi connectivity index (χ0v) is 31.5. The van der Waals surface area contributed by atoms with Crippen LogP contribution in [0.4, 0.5) is 34.1 Å². The van der Waals surface area contributed by atoms with Crippen molar-refractivity contribution < 1.29 is 43.7 Å². The summed E-state index contributed by atoms with van der Waals surface area (Å²) in [6.07, 6.45) is 0.